The molecule has 0 radical (unpaired) electrons. The van der Waals surface area contributed by atoms with Crippen molar-refractivity contribution in [2.75, 3.05) is 7.11 Å². The van der Waals surface area contributed by atoms with E-state index in [2.05, 4.69) is 20.6 Å². The van der Waals surface area contributed by atoms with E-state index in [1.165, 1.54) is 0 Å². The number of methoxy groups -OCH3 is 1. The molecule has 0 aliphatic carbocycles. The molecule has 0 aliphatic heterocycles. The molecular formula is C17H19N5O3. The van der Waals surface area contributed by atoms with E-state index in [1.807, 2.05) is 19.9 Å². The van der Waals surface area contributed by atoms with Gasteiger partial charge in [-0.15, -0.1) is 0 Å². The maximum Gasteiger partial charge on any atom is 0.273 e. The quantitative estimate of drug-likeness (QED) is 0.763. The monoisotopic (exact) mass is 341 g/mol. The van der Waals surface area contributed by atoms with Crippen LogP contribution < -0.4 is 10.1 Å². The van der Waals surface area contributed by atoms with Crippen molar-refractivity contribution in [3.8, 4) is 17.3 Å². The third-order valence-corrected chi connectivity index (χ3v) is 3.77. The van der Waals surface area contributed by atoms with Crippen LogP contribution in [0, 0.1) is 13.8 Å². The number of hydrogen-bond donors (Lipinski definition) is 1. The standard InChI is InChI=1S/C17H19N5O3/c1-10-7-11(2)19-17(24-4)12(10)9-18-16(23)14-8-15(25-21-14)13-5-6-22(3)20-13/h5-8H,9H2,1-4H3,(H,18,23). The molecule has 3 rings (SSSR count). The summed E-state index contributed by atoms with van der Waals surface area (Å²) in [6.45, 7) is 4.13. The van der Waals surface area contributed by atoms with Crippen molar-refractivity contribution in [3.05, 3.63) is 46.9 Å². The van der Waals surface area contributed by atoms with Crippen molar-refractivity contribution in [1.82, 2.24) is 25.2 Å². The normalized spacial score (nSPS) is 10.7. The molecule has 1 N–H and O–H groups in total. The second kappa shape index (κ2) is 6.76. The van der Waals surface area contributed by atoms with Gasteiger partial charge in [-0.05, 0) is 31.5 Å². The van der Waals surface area contributed by atoms with Gasteiger partial charge in [0, 0.05) is 37.1 Å². The summed E-state index contributed by atoms with van der Waals surface area (Å²) in [4.78, 5) is 16.7. The average molecular weight is 341 g/mol. The Hall–Kier alpha value is -3.16. The Kier molecular flexibility index (Phi) is 4.51. The highest BCUT2D eigenvalue weighted by atomic mass is 16.5. The van der Waals surface area contributed by atoms with Crippen LogP contribution in [0.5, 0.6) is 5.88 Å². The lowest BCUT2D eigenvalue weighted by atomic mass is 10.1. The van der Waals surface area contributed by atoms with Gasteiger partial charge in [-0.1, -0.05) is 5.16 Å². The predicted octanol–water partition coefficient (Wildman–Crippen LogP) is 2.03. The molecule has 0 saturated carbocycles. The van der Waals surface area contributed by atoms with Crippen molar-refractivity contribution < 1.29 is 14.1 Å². The summed E-state index contributed by atoms with van der Waals surface area (Å²) >= 11 is 0. The molecule has 8 heteroatoms. The molecule has 3 aromatic heterocycles. The number of nitrogens with zero attached hydrogens (tertiary/aromatic N) is 4. The first kappa shape index (κ1) is 16.7. The summed E-state index contributed by atoms with van der Waals surface area (Å²) in [5, 5.41) is 10.8. The molecule has 0 aromatic carbocycles. The smallest absolute Gasteiger partial charge is 0.273 e. The maximum atomic E-state index is 12.3. The van der Waals surface area contributed by atoms with Crippen molar-refractivity contribution in [3.63, 3.8) is 0 Å². The van der Waals surface area contributed by atoms with Gasteiger partial charge in [0.1, 0.15) is 5.69 Å². The molecule has 130 valence electrons. The minimum Gasteiger partial charge on any atom is -0.481 e. The topological polar surface area (TPSA) is 95.1 Å². The van der Waals surface area contributed by atoms with E-state index in [1.54, 1.807) is 37.2 Å². The maximum absolute atomic E-state index is 12.3. The highest BCUT2D eigenvalue weighted by Crippen LogP contribution is 2.21. The van der Waals surface area contributed by atoms with Crippen LogP contribution in [0.2, 0.25) is 0 Å². The van der Waals surface area contributed by atoms with Crippen LogP contribution in [0.15, 0.2) is 28.9 Å². The van der Waals surface area contributed by atoms with Crippen molar-refractivity contribution in [2.45, 2.75) is 20.4 Å². The van der Waals surface area contributed by atoms with Gasteiger partial charge < -0.3 is 14.6 Å². The van der Waals surface area contributed by atoms with Crippen LogP contribution in [0.25, 0.3) is 11.5 Å². The Bertz CT molecular complexity index is 913. The number of ether oxygens (including phenoxy) is 1. The van der Waals surface area contributed by atoms with Crippen LogP contribution in [-0.4, -0.2) is 32.9 Å². The Balaban J connectivity index is 1.73. The van der Waals surface area contributed by atoms with Crippen LogP contribution in [0.3, 0.4) is 0 Å². The van der Waals surface area contributed by atoms with Crippen molar-refractivity contribution in [1.29, 1.82) is 0 Å². The third kappa shape index (κ3) is 3.52. The van der Waals surface area contributed by atoms with Gasteiger partial charge in [0.25, 0.3) is 5.91 Å². The van der Waals surface area contributed by atoms with E-state index in [9.17, 15) is 4.79 Å². The zero-order valence-electron chi connectivity index (χ0n) is 14.5. The summed E-state index contributed by atoms with van der Waals surface area (Å²) in [6, 6.07) is 5.29. The molecule has 0 saturated heterocycles. The summed E-state index contributed by atoms with van der Waals surface area (Å²) < 4.78 is 12.1. The van der Waals surface area contributed by atoms with Crippen molar-refractivity contribution in [2.24, 2.45) is 7.05 Å². The van der Waals surface area contributed by atoms with Crippen LogP contribution in [0.4, 0.5) is 0 Å². The highest BCUT2D eigenvalue weighted by Gasteiger charge is 2.16. The third-order valence-electron chi connectivity index (χ3n) is 3.77. The van der Waals surface area contributed by atoms with E-state index >= 15 is 0 Å². The minimum atomic E-state index is -0.340. The van der Waals surface area contributed by atoms with Crippen LogP contribution in [0.1, 0.15) is 27.3 Å². The lowest BCUT2D eigenvalue weighted by molar-refractivity contribution is 0.0941. The number of aromatic nitrogens is 4. The number of aryl methyl sites for hydroxylation is 3. The zero-order valence-corrected chi connectivity index (χ0v) is 14.5. The summed E-state index contributed by atoms with van der Waals surface area (Å²) in [6.07, 6.45) is 1.79. The molecule has 0 spiro atoms. The first-order valence-electron chi connectivity index (χ1n) is 7.74. The Morgan fingerprint density at radius 1 is 1.36 bits per heavy atom. The van der Waals surface area contributed by atoms with E-state index in [-0.39, 0.29) is 18.1 Å². The van der Waals surface area contributed by atoms with E-state index < -0.39 is 0 Å². The lowest BCUT2D eigenvalue weighted by Gasteiger charge is -2.12. The summed E-state index contributed by atoms with van der Waals surface area (Å²) in [7, 11) is 3.36. The number of rotatable bonds is 5. The Morgan fingerprint density at radius 3 is 2.84 bits per heavy atom. The van der Waals surface area contributed by atoms with E-state index in [4.69, 9.17) is 9.26 Å². The number of hydrogen-bond acceptors (Lipinski definition) is 6. The number of pyridine rings is 1. The minimum absolute atomic E-state index is 0.192. The van der Waals surface area contributed by atoms with E-state index in [0.717, 1.165) is 16.8 Å². The second-order valence-corrected chi connectivity index (χ2v) is 5.70. The number of carbonyl (C=O) groups is 1. The lowest BCUT2D eigenvalue weighted by Crippen LogP contribution is -2.24. The molecule has 8 nitrogen and oxygen atoms in total. The first-order chi connectivity index (χ1) is 12.0. The Morgan fingerprint density at radius 2 is 2.16 bits per heavy atom. The van der Waals surface area contributed by atoms with E-state index in [0.29, 0.717) is 17.3 Å². The van der Waals surface area contributed by atoms with Gasteiger partial charge in [0.05, 0.1) is 7.11 Å². The molecule has 3 heterocycles. The van der Waals surface area contributed by atoms with Crippen molar-refractivity contribution >= 4 is 5.91 Å². The number of carbonyl (C=O) groups excluding carboxylic acids is 1. The van der Waals surface area contributed by atoms with Gasteiger partial charge >= 0.3 is 0 Å². The van der Waals surface area contributed by atoms with Gasteiger partial charge in [0.15, 0.2) is 11.5 Å². The fourth-order valence-electron chi connectivity index (χ4n) is 2.52. The van der Waals surface area contributed by atoms with Crippen LogP contribution >= 0.6 is 0 Å². The largest absolute Gasteiger partial charge is 0.481 e. The molecule has 0 atom stereocenters. The molecule has 0 fully saturated rings. The van der Waals surface area contributed by atoms with Gasteiger partial charge in [-0.3, -0.25) is 9.48 Å². The molecule has 25 heavy (non-hydrogen) atoms. The number of amides is 1. The molecule has 0 aliphatic rings. The highest BCUT2D eigenvalue weighted by molar-refractivity contribution is 5.92. The van der Waals surface area contributed by atoms with Gasteiger partial charge in [-0.25, -0.2) is 4.98 Å². The fraction of sp³-hybridized carbons (Fsp3) is 0.294. The molecule has 3 aromatic rings. The molecule has 1 amide bonds. The SMILES string of the molecule is COc1nc(C)cc(C)c1CNC(=O)c1cc(-c2ccn(C)n2)on1. The predicted molar refractivity (Wildman–Crippen MR) is 90.1 cm³/mol. The summed E-state index contributed by atoms with van der Waals surface area (Å²) in [5.41, 5.74) is 3.50. The second-order valence-electron chi connectivity index (χ2n) is 5.70. The van der Waals surface area contributed by atoms with Gasteiger partial charge in [0.2, 0.25) is 5.88 Å². The Labute approximate surface area is 144 Å². The fourth-order valence-corrected chi connectivity index (χ4v) is 2.52. The summed E-state index contributed by atoms with van der Waals surface area (Å²) in [5.74, 6) is 0.608. The van der Waals surface area contributed by atoms with Crippen LogP contribution in [-0.2, 0) is 13.6 Å². The number of nitrogens with one attached hydrogen (secondary N) is 1. The van der Waals surface area contributed by atoms with Gasteiger partial charge in [-0.2, -0.15) is 5.10 Å². The average Bonchev–Trinajstić information content (AvgIpc) is 3.21. The molecule has 0 bridgehead atoms. The molecular weight excluding hydrogens is 322 g/mol. The first-order valence-corrected chi connectivity index (χ1v) is 7.74. The zero-order chi connectivity index (χ0) is 18.0. The molecule has 0 unspecified atom stereocenters.